The monoisotopic (exact) mass is 506 g/mol. The molecular weight excluding hydrogens is 480 g/mol. The predicted molar refractivity (Wildman–Crippen MR) is 125 cm³/mol. The summed E-state index contributed by atoms with van der Waals surface area (Å²) in [5.41, 5.74) is 3.36. The minimum atomic E-state index is -1.42. The van der Waals surface area contributed by atoms with Crippen molar-refractivity contribution in [3.63, 3.8) is 0 Å². The molecule has 2 aromatic carbocycles. The van der Waals surface area contributed by atoms with Gasteiger partial charge in [-0.3, -0.25) is 9.59 Å². The van der Waals surface area contributed by atoms with Crippen LogP contribution in [0.15, 0.2) is 18.2 Å². The van der Waals surface area contributed by atoms with Gasteiger partial charge in [0.1, 0.15) is 11.9 Å². The van der Waals surface area contributed by atoms with E-state index in [0.29, 0.717) is 41.2 Å². The second-order valence-corrected chi connectivity index (χ2v) is 10.7. The van der Waals surface area contributed by atoms with Crippen LogP contribution < -0.4 is 4.74 Å². The van der Waals surface area contributed by atoms with Crippen molar-refractivity contribution >= 4 is 11.6 Å². The van der Waals surface area contributed by atoms with E-state index in [-0.39, 0.29) is 23.7 Å². The summed E-state index contributed by atoms with van der Waals surface area (Å²) >= 11 is 0. The lowest BCUT2D eigenvalue weighted by Crippen LogP contribution is -2.70. The first-order chi connectivity index (χ1) is 17.8. The summed E-state index contributed by atoms with van der Waals surface area (Å²) in [4.78, 5) is 27.8. The van der Waals surface area contributed by atoms with Gasteiger partial charge >= 0.3 is 0 Å². The van der Waals surface area contributed by atoms with Gasteiger partial charge in [-0.05, 0) is 49.9 Å². The van der Waals surface area contributed by atoms with Crippen molar-refractivity contribution in [2.75, 3.05) is 26.9 Å². The maximum absolute atomic E-state index is 14.1. The fourth-order valence-electron chi connectivity index (χ4n) is 7.01. The zero-order chi connectivity index (χ0) is 25.5. The second-order valence-electron chi connectivity index (χ2n) is 10.7. The van der Waals surface area contributed by atoms with Crippen LogP contribution in [0.3, 0.4) is 0 Å². The van der Waals surface area contributed by atoms with E-state index < -0.39 is 35.7 Å². The van der Waals surface area contributed by atoms with Gasteiger partial charge < -0.3 is 33.2 Å². The summed E-state index contributed by atoms with van der Waals surface area (Å²) in [6.45, 7) is 6.92. The lowest BCUT2D eigenvalue weighted by atomic mass is 9.75. The molecule has 8 rings (SSSR count). The van der Waals surface area contributed by atoms with Crippen molar-refractivity contribution in [2.24, 2.45) is 0 Å². The number of fused-ring (bicyclic) bond motifs is 8. The van der Waals surface area contributed by atoms with Crippen LogP contribution in [0.4, 0.5) is 0 Å². The zero-order valence-electron chi connectivity index (χ0n) is 21.0. The molecule has 5 heterocycles. The fraction of sp³-hybridized carbons (Fsp3) is 0.500. The van der Waals surface area contributed by atoms with Crippen LogP contribution in [0, 0.1) is 20.8 Å². The molecule has 0 amide bonds. The Labute approximate surface area is 212 Å². The van der Waals surface area contributed by atoms with Crippen molar-refractivity contribution in [3.8, 4) is 5.75 Å². The van der Waals surface area contributed by atoms with Crippen LogP contribution >= 0.6 is 0 Å². The number of rotatable bonds is 2. The molecule has 2 aromatic rings. The minimum absolute atomic E-state index is 0.205. The van der Waals surface area contributed by atoms with Crippen LogP contribution in [0.2, 0.25) is 0 Å². The van der Waals surface area contributed by atoms with Gasteiger partial charge in [0, 0.05) is 29.4 Å². The van der Waals surface area contributed by atoms with Crippen molar-refractivity contribution < 1.29 is 42.7 Å². The number of methoxy groups -OCH3 is 1. The molecule has 9 heteroatoms. The minimum Gasteiger partial charge on any atom is -0.455 e. The molecule has 4 unspecified atom stereocenters. The summed E-state index contributed by atoms with van der Waals surface area (Å²) in [7, 11) is 1.53. The molecule has 1 spiro atoms. The molecule has 6 aliphatic rings. The maximum Gasteiger partial charge on any atom is 0.277 e. The highest BCUT2D eigenvalue weighted by molar-refractivity contribution is 6.30. The average Bonchev–Trinajstić information content (AvgIpc) is 3.56. The Morgan fingerprint density at radius 1 is 0.946 bits per heavy atom. The number of carbonyl (C=O) groups excluding carboxylic acids is 2. The smallest absolute Gasteiger partial charge is 0.277 e. The summed E-state index contributed by atoms with van der Waals surface area (Å²) < 4.78 is 44.0. The summed E-state index contributed by atoms with van der Waals surface area (Å²) in [5.74, 6) is -2.97. The summed E-state index contributed by atoms with van der Waals surface area (Å²) in [6, 6.07) is 5.36. The lowest BCUT2D eigenvalue weighted by Gasteiger charge is -2.50. The molecule has 4 saturated heterocycles. The molecule has 0 aromatic heterocycles. The molecule has 0 saturated carbocycles. The van der Waals surface area contributed by atoms with E-state index in [1.807, 2.05) is 26.8 Å². The molecule has 0 radical (unpaired) electrons. The second kappa shape index (κ2) is 6.85. The lowest BCUT2D eigenvalue weighted by molar-refractivity contribution is -0.365. The average molecular weight is 507 g/mol. The van der Waals surface area contributed by atoms with Gasteiger partial charge in [0.2, 0.25) is 11.9 Å². The first-order valence-electron chi connectivity index (χ1n) is 12.6. The van der Waals surface area contributed by atoms with Crippen LogP contribution in [-0.4, -0.2) is 68.1 Å². The topological polar surface area (TPSA) is 102 Å². The number of ether oxygens (including phenoxy) is 7. The van der Waals surface area contributed by atoms with E-state index >= 15 is 0 Å². The van der Waals surface area contributed by atoms with Crippen molar-refractivity contribution in [1.29, 1.82) is 0 Å². The summed E-state index contributed by atoms with van der Waals surface area (Å²) in [6.07, 6.45) is -1.38. The normalized spacial score (nSPS) is 36.9. The van der Waals surface area contributed by atoms with E-state index in [9.17, 15) is 9.59 Å². The fourth-order valence-corrected chi connectivity index (χ4v) is 7.01. The first kappa shape index (κ1) is 22.3. The number of carbonyl (C=O) groups is 2. The molecule has 37 heavy (non-hydrogen) atoms. The number of aryl methyl sites for hydroxylation is 2. The Hall–Kier alpha value is -2.66. The molecule has 2 bridgehead atoms. The predicted octanol–water partition coefficient (Wildman–Crippen LogP) is 2.82. The maximum atomic E-state index is 14.1. The molecule has 192 valence electrons. The van der Waals surface area contributed by atoms with Crippen LogP contribution in [-0.2, 0) is 28.4 Å². The van der Waals surface area contributed by atoms with Gasteiger partial charge in [0.15, 0.2) is 17.7 Å². The highest BCUT2D eigenvalue weighted by atomic mass is 16.9. The molecule has 1 aliphatic carbocycles. The highest BCUT2D eigenvalue weighted by Crippen LogP contribution is 2.71. The number of benzene rings is 2. The molecule has 0 N–H and O–H groups in total. The van der Waals surface area contributed by atoms with Crippen LogP contribution in [0.5, 0.6) is 5.75 Å². The zero-order valence-corrected chi connectivity index (χ0v) is 21.0. The van der Waals surface area contributed by atoms with Gasteiger partial charge in [-0.1, -0.05) is 12.1 Å². The number of hydrogen-bond donors (Lipinski definition) is 0. The quantitative estimate of drug-likeness (QED) is 0.486. The third kappa shape index (κ3) is 2.30. The molecule has 5 aliphatic heterocycles. The van der Waals surface area contributed by atoms with Crippen molar-refractivity contribution in [2.45, 2.75) is 62.9 Å². The van der Waals surface area contributed by atoms with Gasteiger partial charge in [0.25, 0.3) is 11.6 Å². The van der Waals surface area contributed by atoms with Gasteiger partial charge in [0.05, 0.1) is 25.4 Å². The van der Waals surface area contributed by atoms with Crippen molar-refractivity contribution in [1.82, 2.24) is 0 Å². The molecule has 9 nitrogen and oxygen atoms in total. The van der Waals surface area contributed by atoms with E-state index in [1.165, 1.54) is 7.11 Å². The molecule has 5 atom stereocenters. The van der Waals surface area contributed by atoms with Crippen LogP contribution in [0.25, 0.3) is 0 Å². The molecule has 4 fully saturated rings. The number of hydrogen-bond acceptors (Lipinski definition) is 9. The van der Waals surface area contributed by atoms with Gasteiger partial charge in [-0.2, -0.15) is 0 Å². The van der Waals surface area contributed by atoms with E-state index in [2.05, 4.69) is 0 Å². The Balaban J connectivity index is 1.35. The Morgan fingerprint density at radius 3 is 2.41 bits per heavy atom. The van der Waals surface area contributed by atoms with Crippen LogP contribution in [0.1, 0.15) is 66.6 Å². The Bertz CT molecular complexity index is 1440. The van der Waals surface area contributed by atoms with E-state index in [0.717, 1.165) is 23.1 Å². The SMILES string of the molecule is COC12Oc3c4c(cc(C)c3C3O[C@](C5OCCCO5)(OC31)C21CO1)C(=O)c1ccc(C)c(C)c1C4=O. The largest absolute Gasteiger partial charge is 0.455 e. The van der Waals surface area contributed by atoms with E-state index in [4.69, 9.17) is 33.2 Å². The summed E-state index contributed by atoms with van der Waals surface area (Å²) in [5, 5.41) is 0. The van der Waals surface area contributed by atoms with Gasteiger partial charge in [-0.15, -0.1) is 0 Å². The molecular formula is C28H26O9. The van der Waals surface area contributed by atoms with Crippen molar-refractivity contribution in [3.05, 3.63) is 62.7 Å². The van der Waals surface area contributed by atoms with Gasteiger partial charge in [-0.25, -0.2) is 0 Å². The van der Waals surface area contributed by atoms with E-state index in [1.54, 1.807) is 12.1 Å². The number of epoxide rings is 1. The Kier molecular flexibility index (Phi) is 4.14. The first-order valence-corrected chi connectivity index (χ1v) is 12.6. The standard InChI is InChI=1S/C28H26O9/c1-12-6-7-15-18(14(12)3)21(30)19-16(20(15)29)10-13(2)17-22(19)35-27(31-4)24-23(17)36-28(37-24,26(27)11-34-26)25-32-8-5-9-33-25/h6-7,10,23-25H,5,8-9,11H2,1-4H3/t23?,24?,26?,27?,28-/m1/s1. The Morgan fingerprint density at radius 2 is 1.70 bits per heavy atom. The third-order valence-electron chi connectivity index (χ3n) is 9.00. The third-order valence-corrected chi connectivity index (χ3v) is 9.00. The highest BCUT2D eigenvalue weighted by Gasteiger charge is 2.93. The number of ketones is 2.